The van der Waals surface area contributed by atoms with Gasteiger partial charge in [0.25, 0.3) is 0 Å². The fourth-order valence-corrected chi connectivity index (χ4v) is 2.69. The van der Waals surface area contributed by atoms with Crippen LogP contribution in [0.2, 0.25) is 0 Å². The molecular formula is C16H19N3O3S. The Morgan fingerprint density at radius 3 is 2.43 bits per heavy atom. The first kappa shape index (κ1) is 17.1. The summed E-state index contributed by atoms with van der Waals surface area (Å²) in [5.74, 6) is -0.352. The molecule has 0 fully saturated rings. The molecule has 2 aromatic rings. The zero-order chi connectivity index (χ0) is 16.7. The predicted molar refractivity (Wildman–Crippen MR) is 87.8 cm³/mol. The molecule has 0 spiro atoms. The third kappa shape index (κ3) is 5.80. The average Bonchev–Trinajstić information content (AvgIpc) is 2.53. The molecular weight excluding hydrogens is 314 g/mol. The van der Waals surface area contributed by atoms with Crippen molar-refractivity contribution in [2.45, 2.75) is 13.1 Å². The maximum Gasteiger partial charge on any atom is 0.235 e. The predicted octanol–water partition coefficient (Wildman–Crippen LogP) is 1.16. The van der Waals surface area contributed by atoms with Crippen LogP contribution in [-0.2, 0) is 27.9 Å². The van der Waals surface area contributed by atoms with Crippen LogP contribution in [0.25, 0.3) is 0 Å². The monoisotopic (exact) mass is 333 g/mol. The molecule has 122 valence electrons. The molecule has 6 nitrogen and oxygen atoms in total. The summed E-state index contributed by atoms with van der Waals surface area (Å²) in [6.07, 6.45) is 2.67. The van der Waals surface area contributed by atoms with Gasteiger partial charge in [-0.3, -0.25) is 9.78 Å². The molecule has 1 heterocycles. The number of aromatic nitrogens is 1. The minimum Gasteiger partial charge on any atom is -0.351 e. The lowest BCUT2D eigenvalue weighted by Crippen LogP contribution is -2.39. The zero-order valence-corrected chi connectivity index (χ0v) is 13.7. The molecule has 1 aromatic heterocycles. The molecule has 7 heteroatoms. The van der Waals surface area contributed by atoms with Gasteiger partial charge in [-0.2, -0.15) is 4.31 Å². The van der Waals surface area contributed by atoms with E-state index in [-0.39, 0.29) is 19.0 Å². The molecule has 0 atom stereocenters. The van der Waals surface area contributed by atoms with E-state index in [2.05, 4.69) is 10.3 Å². The number of nitrogens with zero attached hydrogens (tertiary/aromatic N) is 2. The van der Waals surface area contributed by atoms with Crippen molar-refractivity contribution in [2.24, 2.45) is 0 Å². The molecule has 23 heavy (non-hydrogen) atoms. The Hall–Kier alpha value is -2.25. The second-order valence-electron chi connectivity index (χ2n) is 5.11. The van der Waals surface area contributed by atoms with E-state index in [1.165, 1.54) is 0 Å². The molecule has 0 aliphatic rings. The average molecular weight is 333 g/mol. The standard InChI is InChI=1S/C16H19N3O3S/c1-23(21,22)19(12-15-9-5-6-10-17-15)13-16(20)18-11-14-7-3-2-4-8-14/h2-10H,11-13H2,1H3,(H,18,20). The molecule has 1 aromatic carbocycles. The van der Waals surface area contributed by atoms with E-state index in [0.29, 0.717) is 12.2 Å². The Bertz CT molecular complexity index is 734. The third-order valence-corrected chi connectivity index (χ3v) is 4.38. The van der Waals surface area contributed by atoms with Crippen LogP contribution in [0.4, 0.5) is 0 Å². The molecule has 2 rings (SSSR count). The molecule has 0 bridgehead atoms. The lowest BCUT2D eigenvalue weighted by Gasteiger charge is -2.19. The minimum absolute atomic E-state index is 0.0679. The Morgan fingerprint density at radius 1 is 1.13 bits per heavy atom. The summed E-state index contributed by atoms with van der Waals surface area (Å²) in [7, 11) is -3.51. The van der Waals surface area contributed by atoms with E-state index in [9.17, 15) is 13.2 Å². The van der Waals surface area contributed by atoms with Gasteiger partial charge >= 0.3 is 0 Å². The van der Waals surface area contributed by atoms with E-state index >= 15 is 0 Å². The Labute approximate surface area is 136 Å². The van der Waals surface area contributed by atoms with Crippen LogP contribution in [-0.4, -0.2) is 36.4 Å². The fourth-order valence-electron chi connectivity index (χ4n) is 1.98. The summed E-state index contributed by atoms with van der Waals surface area (Å²) < 4.78 is 24.8. The summed E-state index contributed by atoms with van der Waals surface area (Å²) in [4.78, 5) is 16.1. The summed E-state index contributed by atoms with van der Waals surface area (Å²) in [5.41, 5.74) is 1.55. The zero-order valence-electron chi connectivity index (χ0n) is 12.8. The normalized spacial score (nSPS) is 11.4. The largest absolute Gasteiger partial charge is 0.351 e. The summed E-state index contributed by atoms with van der Waals surface area (Å²) in [5, 5.41) is 2.72. The highest BCUT2D eigenvalue weighted by atomic mass is 32.2. The molecule has 0 aliphatic heterocycles. The summed E-state index contributed by atoms with van der Waals surface area (Å²) in [6, 6.07) is 14.7. The van der Waals surface area contributed by atoms with E-state index in [4.69, 9.17) is 0 Å². The molecule has 1 amide bonds. The smallest absolute Gasteiger partial charge is 0.235 e. The number of benzene rings is 1. The second-order valence-corrected chi connectivity index (χ2v) is 7.10. The Morgan fingerprint density at radius 2 is 1.83 bits per heavy atom. The van der Waals surface area contributed by atoms with Gasteiger partial charge in [0.05, 0.1) is 25.0 Å². The van der Waals surface area contributed by atoms with E-state index in [0.717, 1.165) is 16.1 Å². The minimum atomic E-state index is -3.51. The summed E-state index contributed by atoms with van der Waals surface area (Å²) >= 11 is 0. The van der Waals surface area contributed by atoms with Gasteiger partial charge < -0.3 is 5.32 Å². The highest BCUT2D eigenvalue weighted by molar-refractivity contribution is 7.88. The number of carbonyl (C=O) groups excluding carboxylic acids is 1. The van der Waals surface area contributed by atoms with E-state index < -0.39 is 10.0 Å². The maximum absolute atomic E-state index is 12.0. The molecule has 0 saturated heterocycles. The number of carbonyl (C=O) groups is 1. The second kappa shape index (κ2) is 7.85. The first-order valence-electron chi connectivity index (χ1n) is 7.11. The van der Waals surface area contributed by atoms with Crippen molar-refractivity contribution in [3.05, 3.63) is 66.0 Å². The number of pyridine rings is 1. The van der Waals surface area contributed by atoms with E-state index in [1.807, 2.05) is 30.3 Å². The van der Waals surface area contributed by atoms with Crippen LogP contribution in [0.5, 0.6) is 0 Å². The van der Waals surface area contributed by atoms with Crippen LogP contribution < -0.4 is 5.32 Å². The lowest BCUT2D eigenvalue weighted by molar-refractivity contribution is -0.121. The van der Waals surface area contributed by atoms with Gasteiger partial charge in [-0.25, -0.2) is 8.42 Å². The number of hydrogen-bond acceptors (Lipinski definition) is 4. The number of rotatable bonds is 7. The van der Waals surface area contributed by atoms with Crippen molar-refractivity contribution >= 4 is 15.9 Å². The molecule has 0 saturated carbocycles. The van der Waals surface area contributed by atoms with Crippen molar-refractivity contribution < 1.29 is 13.2 Å². The highest BCUT2D eigenvalue weighted by Crippen LogP contribution is 2.06. The molecule has 1 N–H and O–H groups in total. The molecule has 0 aliphatic carbocycles. The quantitative estimate of drug-likeness (QED) is 0.824. The van der Waals surface area contributed by atoms with Gasteiger partial charge in [-0.1, -0.05) is 36.4 Å². The number of amides is 1. The Kier molecular flexibility index (Phi) is 5.84. The van der Waals surface area contributed by atoms with Gasteiger partial charge in [-0.15, -0.1) is 0 Å². The van der Waals surface area contributed by atoms with Crippen LogP contribution in [0, 0.1) is 0 Å². The first-order valence-corrected chi connectivity index (χ1v) is 8.95. The van der Waals surface area contributed by atoms with Gasteiger partial charge in [-0.05, 0) is 17.7 Å². The number of sulfonamides is 1. The van der Waals surface area contributed by atoms with Crippen molar-refractivity contribution in [1.29, 1.82) is 0 Å². The van der Waals surface area contributed by atoms with Gasteiger partial charge in [0.2, 0.25) is 15.9 Å². The van der Waals surface area contributed by atoms with Crippen molar-refractivity contribution in [2.75, 3.05) is 12.8 Å². The van der Waals surface area contributed by atoms with Gasteiger partial charge in [0, 0.05) is 12.7 Å². The summed E-state index contributed by atoms with van der Waals surface area (Å²) in [6.45, 7) is 0.196. The first-order chi connectivity index (χ1) is 10.9. The van der Waals surface area contributed by atoms with Gasteiger partial charge in [0.15, 0.2) is 0 Å². The lowest BCUT2D eigenvalue weighted by atomic mass is 10.2. The van der Waals surface area contributed by atoms with Crippen LogP contribution in [0.15, 0.2) is 54.7 Å². The maximum atomic E-state index is 12.0. The Balaban J connectivity index is 1.96. The van der Waals surface area contributed by atoms with Crippen LogP contribution >= 0.6 is 0 Å². The highest BCUT2D eigenvalue weighted by Gasteiger charge is 2.20. The van der Waals surface area contributed by atoms with Crippen molar-refractivity contribution in [3.63, 3.8) is 0 Å². The molecule has 0 unspecified atom stereocenters. The van der Waals surface area contributed by atoms with Gasteiger partial charge in [0.1, 0.15) is 0 Å². The van der Waals surface area contributed by atoms with Crippen molar-refractivity contribution in [3.8, 4) is 0 Å². The van der Waals surface area contributed by atoms with Crippen LogP contribution in [0.3, 0.4) is 0 Å². The number of nitrogens with one attached hydrogen (secondary N) is 1. The molecule has 0 radical (unpaired) electrons. The number of hydrogen-bond donors (Lipinski definition) is 1. The topological polar surface area (TPSA) is 79.4 Å². The SMILES string of the molecule is CS(=O)(=O)N(CC(=O)NCc1ccccc1)Cc1ccccn1. The fraction of sp³-hybridized carbons (Fsp3) is 0.250. The van der Waals surface area contributed by atoms with Crippen LogP contribution in [0.1, 0.15) is 11.3 Å². The van der Waals surface area contributed by atoms with E-state index in [1.54, 1.807) is 24.4 Å². The third-order valence-electron chi connectivity index (χ3n) is 3.19. The van der Waals surface area contributed by atoms with Crippen molar-refractivity contribution in [1.82, 2.24) is 14.6 Å².